The standard InChI is InChI=1S/C14H20Cl2N2O/c1-10-5-11(15)6-13(16)12(10)7-18-9-14(19)3-2-4-17-8-14/h5-6,17-19H,2-4,7-9H2,1H3/t14-/m0/s1. The van der Waals surface area contributed by atoms with Gasteiger partial charge < -0.3 is 15.7 Å². The van der Waals surface area contributed by atoms with Crippen molar-refractivity contribution in [2.45, 2.75) is 31.9 Å². The van der Waals surface area contributed by atoms with Gasteiger partial charge in [-0.3, -0.25) is 0 Å². The summed E-state index contributed by atoms with van der Waals surface area (Å²) in [6, 6.07) is 3.66. The number of halogens is 2. The van der Waals surface area contributed by atoms with Gasteiger partial charge in [0.15, 0.2) is 0 Å². The Morgan fingerprint density at radius 2 is 2.21 bits per heavy atom. The van der Waals surface area contributed by atoms with Crippen LogP contribution in [0.1, 0.15) is 24.0 Å². The summed E-state index contributed by atoms with van der Waals surface area (Å²) in [5.41, 5.74) is 1.46. The predicted molar refractivity (Wildman–Crippen MR) is 80.0 cm³/mol. The molecule has 1 fully saturated rings. The zero-order chi connectivity index (χ0) is 13.9. The van der Waals surface area contributed by atoms with Crippen LogP contribution in [-0.4, -0.2) is 30.3 Å². The monoisotopic (exact) mass is 302 g/mol. The highest BCUT2D eigenvalue weighted by molar-refractivity contribution is 6.35. The topological polar surface area (TPSA) is 44.3 Å². The molecule has 1 aromatic carbocycles. The van der Waals surface area contributed by atoms with Gasteiger partial charge in [-0.15, -0.1) is 0 Å². The van der Waals surface area contributed by atoms with Gasteiger partial charge in [0, 0.05) is 29.7 Å². The first-order chi connectivity index (χ1) is 9.00. The average Bonchev–Trinajstić information content (AvgIpc) is 2.33. The molecule has 3 N–H and O–H groups in total. The summed E-state index contributed by atoms with van der Waals surface area (Å²) in [6.45, 7) is 4.84. The lowest BCUT2D eigenvalue weighted by Gasteiger charge is -2.33. The van der Waals surface area contributed by atoms with Gasteiger partial charge in [-0.1, -0.05) is 23.2 Å². The van der Waals surface area contributed by atoms with Crippen molar-refractivity contribution in [3.8, 4) is 0 Å². The summed E-state index contributed by atoms with van der Waals surface area (Å²) < 4.78 is 0. The SMILES string of the molecule is Cc1cc(Cl)cc(Cl)c1CNC[C@]1(O)CCCNC1. The minimum absolute atomic E-state index is 0.568. The van der Waals surface area contributed by atoms with E-state index in [9.17, 15) is 5.11 Å². The van der Waals surface area contributed by atoms with Crippen LogP contribution in [-0.2, 0) is 6.54 Å². The molecule has 2 rings (SSSR count). The molecule has 0 radical (unpaired) electrons. The zero-order valence-corrected chi connectivity index (χ0v) is 12.6. The average molecular weight is 303 g/mol. The summed E-state index contributed by atoms with van der Waals surface area (Å²) in [7, 11) is 0. The minimum Gasteiger partial charge on any atom is -0.387 e. The Kier molecular flexibility index (Phi) is 5.09. The molecular weight excluding hydrogens is 283 g/mol. The molecule has 106 valence electrons. The maximum atomic E-state index is 10.4. The van der Waals surface area contributed by atoms with Crippen LogP contribution in [0.2, 0.25) is 10.0 Å². The number of aliphatic hydroxyl groups is 1. The van der Waals surface area contributed by atoms with Crippen LogP contribution in [0.15, 0.2) is 12.1 Å². The summed E-state index contributed by atoms with van der Waals surface area (Å²) in [6.07, 6.45) is 1.85. The molecule has 1 aromatic rings. The number of β-amino-alcohol motifs (C(OH)–C–C–N with tert-alkyl or cyclic N) is 1. The maximum Gasteiger partial charge on any atom is 0.0895 e. The Morgan fingerprint density at radius 1 is 1.42 bits per heavy atom. The van der Waals surface area contributed by atoms with Crippen molar-refractivity contribution in [1.29, 1.82) is 0 Å². The van der Waals surface area contributed by atoms with E-state index in [0.29, 0.717) is 29.7 Å². The highest BCUT2D eigenvalue weighted by atomic mass is 35.5. The van der Waals surface area contributed by atoms with Crippen LogP contribution in [0.4, 0.5) is 0 Å². The lowest BCUT2D eigenvalue weighted by molar-refractivity contribution is 0.0169. The van der Waals surface area contributed by atoms with Crippen molar-refractivity contribution >= 4 is 23.2 Å². The van der Waals surface area contributed by atoms with Crippen molar-refractivity contribution in [1.82, 2.24) is 10.6 Å². The van der Waals surface area contributed by atoms with Crippen LogP contribution < -0.4 is 10.6 Å². The largest absolute Gasteiger partial charge is 0.387 e. The number of piperidine rings is 1. The van der Waals surface area contributed by atoms with Gasteiger partial charge in [0.2, 0.25) is 0 Å². The van der Waals surface area contributed by atoms with E-state index in [2.05, 4.69) is 10.6 Å². The number of rotatable bonds is 4. The molecular formula is C14H20Cl2N2O. The van der Waals surface area contributed by atoms with Crippen LogP contribution in [0.5, 0.6) is 0 Å². The fourth-order valence-electron chi connectivity index (χ4n) is 2.48. The summed E-state index contributed by atoms with van der Waals surface area (Å²) in [4.78, 5) is 0. The lowest BCUT2D eigenvalue weighted by Crippen LogP contribution is -2.51. The van der Waals surface area contributed by atoms with E-state index in [0.717, 1.165) is 30.5 Å². The second-order valence-electron chi connectivity index (χ2n) is 5.29. The smallest absolute Gasteiger partial charge is 0.0895 e. The highest BCUT2D eigenvalue weighted by Crippen LogP contribution is 2.25. The van der Waals surface area contributed by atoms with E-state index in [1.807, 2.05) is 13.0 Å². The van der Waals surface area contributed by atoms with Gasteiger partial charge in [0.25, 0.3) is 0 Å². The highest BCUT2D eigenvalue weighted by Gasteiger charge is 2.28. The molecule has 1 saturated heterocycles. The summed E-state index contributed by atoms with van der Waals surface area (Å²) in [5, 5.41) is 18.2. The number of benzene rings is 1. The van der Waals surface area contributed by atoms with Gasteiger partial charge in [-0.25, -0.2) is 0 Å². The molecule has 1 heterocycles. The molecule has 3 nitrogen and oxygen atoms in total. The van der Waals surface area contributed by atoms with Crippen LogP contribution in [0.25, 0.3) is 0 Å². The third kappa shape index (κ3) is 4.07. The van der Waals surface area contributed by atoms with Crippen LogP contribution in [0, 0.1) is 6.92 Å². The fourth-order valence-corrected chi connectivity index (χ4v) is 3.14. The fraction of sp³-hybridized carbons (Fsp3) is 0.571. The predicted octanol–water partition coefficient (Wildman–Crippen LogP) is 2.51. The second kappa shape index (κ2) is 6.42. The number of hydrogen-bond donors (Lipinski definition) is 3. The Balaban J connectivity index is 1.92. The molecule has 19 heavy (non-hydrogen) atoms. The molecule has 0 amide bonds. The maximum absolute atomic E-state index is 10.4. The quantitative estimate of drug-likeness (QED) is 0.801. The van der Waals surface area contributed by atoms with Crippen molar-refractivity contribution in [3.05, 3.63) is 33.3 Å². The van der Waals surface area contributed by atoms with Gasteiger partial charge in [0.05, 0.1) is 5.60 Å². The van der Waals surface area contributed by atoms with Crippen LogP contribution >= 0.6 is 23.2 Å². The first kappa shape index (κ1) is 15.1. The van der Waals surface area contributed by atoms with Gasteiger partial charge in [-0.2, -0.15) is 0 Å². The molecule has 1 aliphatic rings. The van der Waals surface area contributed by atoms with E-state index in [4.69, 9.17) is 23.2 Å². The molecule has 1 atom stereocenters. The molecule has 0 bridgehead atoms. The molecule has 0 unspecified atom stereocenters. The summed E-state index contributed by atoms with van der Waals surface area (Å²) >= 11 is 12.1. The Labute approximate surface area is 124 Å². The van der Waals surface area contributed by atoms with Crippen molar-refractivity contribution in [2.75, 3.05) is 19.6 Å². The number of nitrogens with one attached hydrogen (secondary N) is 2. The van der Waals surface area contributed by atoms with Gasteiger partial charge >= 0.3 is 0 Å². The first-order valence-corrected chi connectivity index (χ1v) is 7.34. The summed E-state index contributed by atoms with van der Waals surface area (Å²) in [5.74, 6) is 0. The van der Waals surface area contributed by atoms with Crippen molar-refractivity contribution in [3.63, 3.8) is 0 Å². The van der Waals surface area contributed by atoms with E-state index in [-0.39, 0.29) is 0 Å². The Morgan fingerprint density at radius 3 is 2.84 bits per heavy atom. The molecule has 0 saturated carbocycles. The van der Waals surface area contributed by atoms with Gasteiger partial charge in [-0.05, 0) is 49.6 Å². The van der Waals surface area contributed by atoms with Crippen molar-refractivity contribution < 1.29 is 5.11 Å². The molecule has 0 aliphatic carbocycles. The molecule has 0 spiro atoms. The minimum atomic E-state index is -0.648. The van der Waals surface area contributed by atoms with E-state index < -0.39 is 5.60 Å². The second-order valence-corrected chi connectivity index (χ2v) is 6.13. The van der Waals surface area contributed by atoms with E-state index in [1.54, 1.807) is 6.07 Å². The normalized spacial score (nSPS) is 23.6. The number of hydrogen-bond acceptors (Lipinski definition) is 3. The number of aryl methyl sites for hydroxylation is 1. The lowest BCUT2D eigenvalue weighted by atomic mass is 9.94. The molecule has 1 aliphatic heterocycles. The van der Waals surface area contributed by atoms with E-state index >= 15 is 0 Å². The molecule has 5 heteroatoms. The molecule has 0 aromatic heterocycles. The van der Waals surface area contributed by atoms with Crippen molar-refractivity contribution in [2.24, 2.45) is 0 Å². The third-order valence-corrected chi connectivity index (χ3v) is 4.14. The van der Waals surface area contributed by atoms with E-state index in [1.165, 1.54) is 0 Å². The Bertz CT molecular complexity index is 422. The third-order valence-electron chi connectivity index (χ3n) is 3.59. The Hall–Kier alpha value is -0.320. The first-order valence-electron chi connectivity index (χ1n) is 6.58. The van der Waals surface area contributed by atoms with Gasteiger partial charge in [0.1, 0.15) is 0 Å². The zero-order valence-electron chi connectivity index (χ0n) is 11.1. The van der Waals surface area contributed by atoms with Crippen LogP contribution in [0.3, 0.4) is 0 Å².